The number of imidazole rings is 1. The molecule has 0 saturated carbocycles. The highest BCUT2D eigenvalue weighted by molar-refractivity contribution is 7.99. The highest BCUT2D eigenvalue weighted by atomic mass is 32.2. The molecule has 0 saturated heterocycles. The third kappa shape index (κ3) is 2.61. The third-order valence-corrected chi connectivity index (χ3v) is 7.27. The molecule has 0 fully saturated rings. The maximum Gasteiger partial charge on any atom is 0.347 e. The van der Waals surface area contributed by atoms with Crippen LogP contribution in [0.3, 0.4) is 0 Å². The van der Waals surface area contributed by atoms with Gasteiger partial charge in [-0.05, 0) is 67.3 Å². The van der Waals surface area contributed by atoms with E-state index in [1.54, 1.807) is 11.8 Å². The van der Waals surface area contributed by atoms with Crippen molar-refractivity contribution in [2.75, 3.05) is 0 Å². The lowest BCUT2D eigenvalue weighted by Gasteiger charge is -2.10. The van der Waals surface area contributed by atoms with E-state index in [2.05, 4.69) is 79.1 Å². The summed E-state index contributed by atoms with van der Waals surface area (Å²) >= 11 is 1.75. The lowest BCUT2D eigenvalue weighted by Crippen LogP contribution is -2.29. The monoisotopic (exact) mass is 421 g/mol. The van der Waals surface area contributed by atoms with E-state index in [-0.39, 0.29) is 5.56 Å². The topological polar surface area (TPSA) is 25.4 Å². The van der Waals surface area contributed by atoms with Crippen molar-refractivity contribution in [1.82, 2.24) is 4.40 Å². The zero-order valence-corrected chi connectivity index (χ0v) is 18.5. The summed E-state index contributed by atoms with van der Waals surface area (Å²) in [5.74, 6) is 0. The Morgan fingerprint density at radius 2 is 1.55 bits per heavy atom. The molecule has 6 rings (SSSR count). The fraction of sp³-hybridized carbons (Fsp3) is 0.111. The van der Waals surface area contributed by atoms with Gasteiger partial charge in [-0.25, -0.2) is 9.36 Å². The van der Waals surface area contributed by atoms with Crippen molar-refractivity contribution in [3.8, 4) is 0 Å². The molecule has 0 bridgehead atoms. The first kappa shape index (κ1) is 18.4. The Morgan fingerprint density at radius 3 is 2.35 bits per heavy atom. The molecular formula is C27H21N2OS+. The van der Waals surface area contributed by atoms with Crippen molar-refractivity contribution in [2.45, 2.75) is 23.6 Å². The molecule has 0 radical (unpaired) electrons. The largest absolute Gasteiger partial charge is 0.347 e. The van der Waals surface area contributed by atoms with Crippen LogP contribution < -0.4 is 10.1 Å². The van der Waals surface area contributed by atoms with Crippen molar-refractivity contribution < 1.29 is 4.57 Å². The summed E-state index contributed by atoms with van der Waals surface area (Å²) in [6.45, 7) is 4.17. The molecule has 0 aliphatic carbocycles. The molecule has 31 heavy (non-hydrogen) atoms. The van der Waals surface area contributed by atoms with Crippen molar-refractivity contribution in [2.24, 2.45) is 7.05 Å². The van der Waals surface area contributed by atoms with Crippen LogP contribution in [0.15, 0.2) is 87.4 Å². The highest BCUT2D eigenvalue weighted by Crippen LogP contribution is 2.38. The Hall–Kier alpha value is -3.37. The molecule has 2 heterocycles. The van der Waals surface area contributed by atoms with E-state index in [9.17, 15) is 4.79 Å². The van der Waals surface area contributed by atoms with E-state index in [0.717, 1.165) is 43.8 Å². The van der Waals surface area contributed by atoms with Gasteiger partial charge in [0.15, 0.2) is 11.0 Å². The fourth-order valence-electron chi connectivity index (χ4n) is 4.67. The number of rotatable bonds is 2. The third-order valence-electron chi connectivity index (χ3n) is 6.19. The number of benzene rings is 4. The second-order valence-electron chi connectivity index (χ2n) is 8.27. The number of fused-ring (bicyclic) bond motifs is 4. The molecule has 6 aromatic rings. The maximum absolute atomic E-state index is 13.7. The van der Waals surface area contributed by atoms with E-state index < -0.39 is 0 Å². The number of hydrogen-bond donors (Lipinski definition) is 0. The summed E-state index contributed by atoms with van der Waals surface area (Å²) in [7, 11) is 2.05. The molecule has 150 valence electrons. The van der Waals surface area contributed by atoms with Crippen LogP contribution in [0.25, 0.3) is 38.2 Å². The fourth-order valence-corrected chi connectivity index (χ4v) is 5.61. The summed E-state index contributed by atoms with van der Waals surface area (Å²) < 4.78 is 4.02. The molecule has 3 nitrogen and oxygen atoms in total. The summed E-state index contributed by atoms with van der Waals surface area (Å²) in [6, 6.07) is 25.3. The van der Waals surface area contributed by atoms with Crippen molar-refractivity contribution in [3.63, 3.8) is 0 Å². The molecule has 0 amide bonds. The minimum Gasteiger partial charge on any atom is -0.240 e. The normalized spacial score (nSPS) is 12.0. The zero-order chi connectivity index (χ0) is 21.3. The zero-order valence-electron chi connectivity index (χ0n) is 17.6. The molecule has 0 N–H and O–H groups in total. The lowest BCUT2D eigenvalue weighted by atomic mass is 10.0. The Labute approximate surface area is 183 Å². The number of hydrogen-bond acceptors (Lipinski definition) is 2. The first-order valence-electron chi connectivity index (χ1n) is 10.4. The smallest absolute Gasteiger partial charge is 0.240 e. The van der Waals surface area contributed by atoms with Gasteiger partial charge in [0.1, 0.15) is 0 Å². The SMILES string of the molecule is Cc1ccc(Sc2ccc3c4c2cccc4c(=O)n2c4cc(C)ccc4[n+](C)c32)cc1. The number of aryl methyl sites for hydroxylation is 3. The van der Waals surface area contributed by atoms with Gasteiger partial charge >= 0.3 is 5.56 Å². The van der Waals surface area contributed by atoms with Crippen LogP contribution in [-0.4, -0.2) is 4.40 Å². The van der Waals surface area contributed by atoms with Crippen LogP contribution in [0.2, 0.25) is 0 Å². The average molecular weight is 422 g/mol. The van der Waals surface area contributed by atoms with Crippen molar-refractivity contribution in [3.05, 3.63) is 94.3 Å². The number of pyridine rings is 1. The van der Waals surface area contributed by atoms with Crippen LogP contribution in [0.4, 0.5) is 0 Å². The van der Waals surface area contributed by atoms with E-state index in [1.165, 1.54) is 15.4 Å². The molecule has 2 aromatic heterocycles. The van der Waals surface area contributed by atoms with Gasteiger partial charge in [0.25, 0.3) is 5.65 Å². The van der Waals surface area contributed by atoms with Gasteiger partial charge in [-0.15, -0.1) is 0 Å². The molecule has 4 aromatic carbocycles. The molecule has 0 aliphatic rings. The van der Waals surface area contributed by atoms with Crippen LogP contribution in [0, 0.1) is 13.8 Å². The van der Waals surface area contributed by atoms with Crippen LogP contribution in [-0.2, 0) is 7.05 Å². The first-order chi connectivity index (χ1) is 15.0. The quantitative estimate of drug-likeness (QED) is 0.331. The van der Waals surface area contributed by atoms with Crippen molar-refractivity contribution >= 4 is 50.0 Å². The first-order valence-corrected chi connectivity index (χ1v) is 11.2. The van der Waals surface area contributed by atoms with Gasteiger partial charge in [-0.3, -0.25) is 0 Å². The van der Waals surface area contributed by atoms with Crippen LogP contribution in [0.1, 0.15) is 11.1 Å². The minimum atomic E-state index is 0.0433. The van der Waals surface area contributed by atoms with Gasteiger partial charge in [-0.2, -0.15) is 4.40 Å². The van der Waals surface area contributed by atoms with Gasteiger partial charge in [-0.1, -0.05) is 47.7 Å². The van der Waals surface area contributed by atoms with E-state index in [0.29, 0.717) is 0 Å². The van der Waals surface area contributed by atoms with Gasteiger partial charge in [0.05, 0.1) is 17.8 Å². The Morgan fingerprint density at radius 1 is 0.806 bits per heavy atom. The van der Waals surface area contributed by atoms with Gasteiger partial charge in [0.2, 0.25) is 0 Å². The Bertz CT molecular complexity index is 1700. The van der Waals surface area contributed by atoms with E-state index in [4.69, 9.17) is 0 Å². The number of nitrogens with zero attached hydrogens (tertiary/aromatic N) is 2. The predicted octanol–water partition coefficient (Wildman–Crippen LogP) is 5.79. The average Bonchev–Trinajstić information content (AvgIpc) is 3.06. The summed E-state index contributed by atoms with van der Waals surface area (Å²) in [5.41, 5.74) is 5.41. The van der Waals surface area contributed by atoms with Crippen LogP contribution in [0.5, 0.6) is 0 Å². The Balaban J connectivity index is 1.73. The number of aromatic nitrogens is 2. The molecule has 0 atom stereocenters. The second-order valence-corrected chi connectivity index (χ2v) is 9.39. The van der Waals surface area contributed by atoms with E-state index >= 15 is 0 Å². The molecular weight excluding hydrogens is 400 g/mol. The van der Waals surface area contributed by atoms with Gasteiger partial charge < -0.3 is 0 Å². The van der Waals surface area contributed by atoms with Crippen LogP contribution >= 0.6 is 11.8 Å². The van der Waals surface area contributed by atoms with Crippen molar-refractivity contribution in [1.29, 1.82) is 0 Å². The summed E-state index contributed by atoms with van der Waals surface area (Å²) in [4.78, 5) is 16.0. The maximum atomic E-state index is 13.7. The molecule has 4 heteroatoms. The molecule has 0 spiro atoms. The molecule has 0 unspecified atom stereocenters. The highest BCUT2D eigenvalue weighted by Gasteiger charge is 2.25. The standard InChI is InChI=1S/C27H21N2OS/c1-16-7-10-18(11-8-16)31-24-14-12-20-25-19(24)5-4-6-21(25)27(30)29-23-15-17(2)9-13-22(23)28(3)26(20)29/h4-15H,1-3H3/q+1. The summed E-state index contributed by atoms with van der Waals surface area (Å²) in [5, 5.41) is 4.05. The lowest BCUT2D eigenvalue weighted by molar-refractivity contribution is -0.617. The molecule has 0 aliphatic heterocycles. The van der Waals surface area contributed by atoms with E-state index in [1.807, 2.05) is 23.6 Å². The van der Waals surface area contributed by atoms with Gasteiger partial charge in [0, 0.05) is 15.2 Å². The second kappa shape index (κ2) is 6.56. The summed E-state index contributed by atoms with van der Waals surface area (Å²) in [6.07, 6.45) is 0. The minimum absolute atomic E-state index is 0.0433. The Kier molecular flexibility index (Phi) is 3.90. The predicted molar refractivity (Wildman–Crippen MR) is 129 cm³/mol.